The molecule has 0 aliphatic carbocycles. The van der Waals surface area contributed by atoms with E-state index in [1.165, 1.54) is 17.6 Å². The molecule has 0 saturated carbocycles. The van der Waals surface area contributed by atoms with Crippen LogP contribution in [0.15, 0.2) is 73.1 Å². The minimum Gasteiger partial charge on any atom is -0.573 e. The maximum Gasteiger partial charge on any atom is 0.339 e. The molecule has 316 valence electrons. The number of nitriles is 1. The topological polar surface area (TPSA) is 164 Å². The lowest BCUT2D eigenvalue weighted by atomic mass is 9.71. The normalized spacial score (nSPS) is 20.2. The van der Waals surface area contributed by atoms with Gasteiger partial charge in [0.1, 0.15) is 29.4 Å². The number of aromatic nitrogens is 2. The number of likely N-dealkylation sites (tertiary alicyclic amines) is 1. The summed E-state index contributed by atoms with van der Waals surface area (Å²) in [5.74, 6) is -3.73. The van der Waals surface area contributed by atoms with Crippen LogP contribution in [0, 0.1) is 28.4 Å². The molecule has 3 N–H and O–H groups in total. The third-order valence-corrected chi connectivity index (χ3v) is 13.7. The van der Waals surface area contributed by atoms with Gasteiger partial charge in [0, 0.05) is 98.1 Å². The SMILES string of the molecule is COC(=O)c1ccc(N2CCC(O)(CN3CC4(C3)CN(c3ccc(-c5cnc6[nH]cc(C(=O)c7c(F)ccc(N[S+]([O-])N8CCC(F)C8)c7F)c6c5)cc3)C4)CC2)cc1C#N. The van der Waals surface area contributed by atoms with Gasteiger partial charge >= 0.3 is 5.97 Å². The number of benzene rings is 3. The molecule has 0 amide bonds. The number of β-amino-alcohol motifs (C(OH)–C–C–N with tert-alkyl or cyclic N) is 1. The molecule has 2 atom stereocenters. The summed E-state index contributed by atoms with van der Waals surface area (Å²) in [6, 6.07) is 19.0. The number of pyridine rings is 1. The Balaban J connectivity index is 0.795. The molecule has 1 spiro atoms. The van der Waals surface area contributed by atoms with Crippen molar-refractivity contribution in [2.24, 2.45) is 5.41 Å². The molecule has 4 fully saturated rings. The number of H-pyrrole nitrogens is 1. The number of rotatable bonds is 11. The summed E-state index contributed by atoms with van der Waals surface area (Å²) in [6.07, 6.45) is 3.27. The molecule has 17 heteroatoms. The molecule has 2 unspecified atom stereocenters. The molecule has 0 bridgehead atoms. The van der Waals surface area contributed by atoms with Gasteiger partial charge in [0.2, 0.25) is 5.78 Å². The Morgan fingerprint density at radius 1 is 1.00 bits per heavy atom. The van der Waals surface area contributed by atoms with Crippen LogP contribution in [0.5, 0.6) is 0 Å². The number of alkyl halides is 1. The Bertz CT molecular complexity index is 2550. The third kappa shape index (κ3) is 7.78. The predicted molar refractivity (Wildman–Crippen MR) is 224 cm³/mol. The number of aromatic amines is 1. The minimum absolute atomic E-state index is 0.0221. The first kappa shape index (κ1) is 40.7. The zero-order valence-electron chi connectivity index (χ0n) is 33.3. The summed E-state index contributed by atoms with van der Waals surface area (Å²) >= 11 is -1.98. The number of methoxy groups -OCH3 is 1. The monoisotopic (exact) mass is 852 g/mol. The van der Waals surface area contributed by atoms with Crippen molar-refractivity contribution < 1.29 is 37.2 Å². The number of esters is 1. The Morgan fingerprint density at radius 2 is 1.74 bits per heavy atom. The largest absolute Gasteiger partial charge is 0.573 e. The molecule has 3 aromatic carbocycles. The van der Waals surface area contributed by atoms with E-state index in [1.54, 1.807) is 24.4 Å². The molecule has 0 radical (unpaired) electrons. The molecule has 9 rings (SSSR count). The second-order valence-electron chi connectivity index (χ2n) is 16.7. The van der Waals surface area contributed by atoms with Crippen molar-refractivity contribution in [3.05, 3.63) is 107 Å². The fraction of sp³-hybridized carbons (Fsp3) is 0.364. The first-order valence-corrected chi connectivity index (χ1v) is 21.2. The van der Waals surface area contributed by atoms with Crippen LogP contribution in [0.4, 0.5) is 30.2 Å². The lowest BCUT2D eigenvalue weighted by Crippen LogP contribution is -2.73. The number of hydrogen-bond acceptors (Lipinski definition) is 12. The molecule has 4 saturated heterocycles. The van der Waals surface area contributed by atoms with Crippen LogP contribution < -0.4 is 14.5 Å². The Labute approximate surface area is 353 Å². The average Bonchev–Trinajstić information content (AvgIpc) is 3.88. The van der Waals surface area contributed by atoms with Gasteiger partial charge in [-0.05, 0) is 73.4 Å². The summed E-state index contributed by atoms with van der Waals surface area (Å²) < 4.78 is 65.7. The van der Waals surface area contributed by atoms with E-state index in [4.69, 9.17) is 4.74 Å². The number of ether oxygens (including phenoxy) is 1. The molecule has 2 aromatic heterocycles. The van der Waals surface area contributed by atoms with Crippen LogP contribution >= 0.6 is 0 Å². The van der Waals surface area contributed by atoms with E-state index in [0.29, 0.717) is 49.1 Å². The zero-order chi connectivity index (χ0) is 42.6. The fourth-order valence-electron chi connectivity index (χ4n) is 9.21. The van der Waals surface area contributed by atoms with Crippen LogP contribution in [-0.2, 0) is 16.3 Å². The zero-order valence-corrected chi connectivity index (χ0v) is 34.1. The van der Waals surface area contributed by atoms with Crippen LogP contribution in [-0.4, -0.2) is 118 Å². The number of hydrogen-bond donors (Lipinski definition) is 3. The van der Waals surface area contributed by atoms with Crippen molar-refractivity contribution in [1.29, 1.82) is 5.26 Å². The van der Waals surface area contributed by atoms with E-state index in [2.05, 4.69) is 35.5 Å². The van der Waals surface area contributed by atoms with Gasteiger partial charge in [-0.25, -0.2) is 22.9 Å². The lowest BCUT2D eigenvalue weighted by Gasteiger charge is -2.62. The molecule has 5 aromatic rings. The van der Waals surface area contributed by atoms with Crippen molar-refractivity contribution in [1.82, 2.24) is 19.2 Å². The molecule has 61 heavy (non-hydrogen) atoms. The number of anilines is 3. The molecular formula is C44H43F3N8O5S. The minimum atomic E-state index is -1.98. The van der Waals surface area contributed by atoms with E-state index >= 15 is 8.78 Å². The molecule has 13 nitrogen and oxygen atoms in total. The Hall–Kier alpha value is -5.64. The van der Waals surface area contributed by atoms with Gasteiger partial charge in [0.15, 0.2) is 17.4 Å². The van der Waals surface area contributed by atoms with Gasteiger partial charge in [-0.15, -0.1) is 4.31 Å². The van der Waals surface area contributed by atoms with Gasteiger partial charge in [0.05, 0.1) is 35.9 Å². The Kier molecular flexibility index (Phi) is 10.7. The van der Waals surface area contributed by atoms with E-state index in [0.717, 1.165) is 55.2 Å². The van der Waals surface area contributed by atoms with Crippen LogP contribution in [0.2, 0.25) is 0 Å². The summed E-state index contributed by atoms with van der Waals surface area (Å²) in [7, 11) is 1.29. The molecule has 6 heterocycles. The van der Waals surface area contributed by atoms with Crippen LogP contribution in [0.1, 0.15) is 51.1 Å². The maximum absolute atomic E-state index is 15.7. The van der Waals surface area contributed by atoms with Crippen molar-refractivity contribution in [2.75, 3.05) is 80.5 Å². The number of carbonyl (C=O) groups is 2. The van der Waals surface area contributed by atoms with E-state index in [-0.39, 0.29) is 47.3 Å². The third-order valence-electron chi connectivity index (χ3n) is 12.5. The number of carbonyl (C=O) groups excluding carboxylic acids is 2. The van der Waals surface area contributed by atoms with Gasteiger partial charge in [-0.2, -0.15) is 9.98 Å². The number of aliphatic hydroxyl groups is 1. The number of ketones is 1. The second kappa shape index (κ2) is 16.0. The van der Waals surface area contributed by atoms with E-state index < -0.39 is 52.3 Å². The highest BCUT2D eigenvalue weighted by atomic mass is 32.2. The number of halogens is 3. The Morgan fingerprint density at radius 3 is 2.43 bits per heavy atom. The van der Waals surface area contributed by atoms with Crippen molar-refractivity contribution in [2.45, 2.75) is 31.0 Å². The summed E-state index contributed by atoms with van der Waals surface area (Å²) in [5.41, 5.74) is 2.58. The standard InChI is InChI=1S/C44H43F3N8O5S/c1-60-42(57)33-7-6-32(16-28(33)18-48)53-14-11-44(58,12-15-53)26-52-22-43(23-52)24-54(25-43)31-4-2-27(3-5-31)29-17-34-35(20-50-41(34)49-19-29)40(56)38-36(46)8-9-37(39(38)47)51-61(59)55-13-10-30(45)21-55/h2-9,16-17,19-20,30,51,58H,10-15,21-26H2,1H3,(H,49,50). The quantitative estimate of drug-likeness (QED) is 0.0860. The highest BCUT2D eigenvalue weighted by Gasteiger charge is 2.53. The predicted octanol–water partition coefficient (Wildman–Crippen LogP) is 5.59. The summed E-state index contributed by atoms with van der Waals surface area (Å²) in [4.78, 5) is 39.9. The summed E-state index contributed by atoms with van der Waals surface area (Å²) in [6.45, 7) is 5.62. The number of nitrogens with zero attached hydrogens (tertiary/aromatic N) is 6. The van der Waals surface area contributed by atoms with Crippen molar-refractivity contribution in [3.8, 4) is 17.2 Å². The highest BCUT2D eigenvalue weighted by Crippen LogP contribution is 2.43. The van der Waals surface area contributed by atoms with Gasteiger partial charge < -0.3 is 29.2 Å². The fourth-order valence-corrected chi connectivity index (χ4v) is 10.3. The molecule has 4 aliphatic heterocycles. The first-order valence-electron chi connectivity index (χ1n) is 20.1. The number of nitrogens with one attached hydrogen (secondary N) is 2. The van der Waals surface area contributed by atoms with Crippen molar-refractivity contribution >= 4 is 51.4 Å². The smallest absolute Gasteiger partial charge is 0.339 e. The van der Waals surface area contributed by atoms with Crippen LogP contribution in [0.25, 0.3) is 22.2 Å². The van der Waals surface area contributed by atoms with Gasteiger partial charge in [-0.1, -0.05) is 12.1 Å². The van der Waals surface area contributed by atoms with Crippen molar-refractivity contribution in [3.63, 3.8) is 0 Å². The highest BCUT2D eigenvalue weighted by molar-refractivity contribution is 7.90. The second-order valence-corrected chi connectivity index (χ2v) is 17.9. The molecule has 4 aliphatic rings. The molecular weight excluding hydrogens is 810 g/mol. The first-order chi connectivity index (χ1) is 29.3. The number of piperidine rings is 1. The van der Waals surface area contributed by atoms with Gasteiger partial charge in [0.25, 0.3) is 0 Å². The van der Waals surface area contributed by atoms with E-state index in [9.17, 15) is 28.9 Å². The maximum atomic E-state index is 15.7. The van der Waals surface area contributed by atoms with Gasteiger partial charge in [-0.3, -0.25) is 9.69 Å². The van der Waals surface area contributed by atoms with E-state index in [1.807, 2.05) is 30.3 Å². The lowest BCUT2D eigenvalue weighted by molar-refractivity contribution is -0.0864. The van der Waals surface area contributed by atoms with Crippen LogP contribution in [0.3, 0.4) is 0 Å². The number of fused-ring (bicyclic) bond motifs is 1. The summed E-state index contributed by atoms with van der Waals surface area (Å²) in [5, 5.41) is 21.5. The average molecular weight is 853 g/mol.